The molecule has 0 fully saturated rings. The van der Waals surface area contributed by atoms with Crippen LogP contribution in [0.5, 0.6) is 0 Å². The van der Waals surface area contributed by atoms with Crippen molar-refractivity contribution in [1.29, 1.82) is 0 Å². The van der Waals surface area contributed by atoms with Crippen LogP contribution in [0.1, 0.15) is 38.8 Å². The van der Waals surface area contributed by atoms with E-state index < -0.39 is 0 Å². The van der Waals surface area contributed by atoms with Gasteiger partial charge in [-0.2, -0.15) is 0 Å². The molecule has 1 aromatic rings. The second-order valence-corrected chi connectivity index (χ2v) is 5.46. The molecule has 0 aliphatic heterocycles. The van der Waals surface area contributed by atoms with Gasteiger partial charge >= 0.3 is 0 Å². The first kappa shape index (κ1) is 15.5. The Kier molecular flexibility index (Phi) is 7.33. The smallest absolute Gasteiger partial charge is 0.0591 e. The fraction of sp³-hybridized carbons (Fsp3) is 0.600. The average Bonchev–Trinajstić information content (AvgIpc) is 2.34. The van der Waals surface area contributed by atoms with Gasteiger partial charge in [0, 0.05) is 24.2 Å². The number of halogens is 1. The van der Waals surface area contributed by atoms with E-state index in [0.717, 1.165) is 31.2 Å². The third-order valence-corrected chi connectivity index (χ3v) is 3.16. The molecule has 0 radical (unpaired) electrons. The highest BCUT2D eigenvalue weighted by Gasteiger charge is 2.03. The molecule has 1 atom stereocenters. The Bertz CT molecular complexity index is 324. The summed E-state index contributed by atoms with van der Waals surface area (Å²) in [7, 11) is 0. The average molecular weight is 270 g/mol. The highest BCUT2D eigenvalue weighted by molar-refractivity contribution is 6.30. The molecule has 1 N–H and O–H groups in total. The molecular weight excluding hydrogens is 246 g/mol. The van der Waals surface area contributed by atoms with Gasteiger partial charge in [0.1, 0.15) is 0 Å². The summed E-state index contributed by atoms with van der Waals surface area (Å²) in [4.78, 5) is 0. The number of ether oxygens (including phenoxy) is 1. The molecule has 1 rings (SSSR count). The maximum absolute atomic E-state index is 5.86. The fourth-order valence-electron chi connectivity index (χ4n) is 1.64. The molecule has 0 aromatic heterocycles. The van der Waals surface area contributed by atoms with Crippen LogP contribution >= 0.6 is 11.6 Å². The zero-order valence-electron chi connectivity index (χ0n) is 11.6. The van der Waals surface area contributed by atoms with E-state index in [2.05, 4.69) is 38.2 Å². The van der Waals surface area contributed by atoms with Crippen LogP contribution in [0.25, 0.3) is 0 Å². The summed E-state index contributed by atoms with van der Waals surface area (Å²) in [5.74, 6) is 0.714. The summed E-state index contributed by atoms with van der Waals surface area (Å²) in [6.07, 6.45) is 1.13. The number of benzene rings is 1. The van der Waals surface area contributed by atoms with Gasteiger partial charge < -0.3 is 10.1 Å². The number of nitrogens with one attached hydrogen (secondary N) is 1. The van der Waals surface area contributed by atoms with E-state index in [-0.39, 0.29) is 0 Å². The van der Waals surface area contributed by atoms with E-state index in [1.54, 1.807) is 0 Å². The molecule has 0 spiro atoms. The Balaban J connectivity index is 2.13. The molecule has 0 aliphatic carbocycles. The van der Waals surface area contributed by atoms with Gasteiger partial charge in [0.05, 0.1) is 6.61 Å². The van der Waals surface area contributed by atoms with E-state index in [9.17, 15) is 0 Å². The monoisotopic (exact) mass is 269 g/mol. The number of hydrogen-bond donors (Lipinski definition) is 1. The molecule has 0 unspecified atom stereocenters. The van der Waals surface area contributed by atoms with Crippen LogP contribution in [-0.2, 0) is 4.74 Å². The van der Waals surface area contributed by atoms with E-state index in [4.69, 9.17) is 16.3 Å². The third-order valence-electron chi connectivity index (χ3n) is 2.91. The summed E-state index contributed by atoms with van der Waals surface area (Å²) < 4.78 is 5.57. The normalized spacial score (nSPS) is 12.9. The number of rotatable bonds is 8. The molecule has 1 aromatic carbocycles. The maximum atomic E-state index is 5.86. The zero-order valence-corrected chi connectivity index (χ0v) is 12.3. The molecule has 102 valence electrons. The van der Waals surface area contributed by atoms with Crippen molar-refractivity contribution in [2.75, 3.05) is 19.8 Å². The van der Waals surface area contributed by atoms with Crippen molar-refractivity contribution in [1.82, 2.24) is 5.32 Å². The van der Waals surface area contributed by atoms with Crippen LogP contribution in [0.3, 0.4) is 0 Å². The minimum atomic E-state index is 0.330. The molecule has 0 saturated heterocycles. The molecule has 0 saturated carbocycles. The van der Waals surface area contributed by atoms with Gasteiger partial charge in [-0.05, 0) is 37.0 Å². The first-order valence-electron chi connectivity index (χ1n) is 6.66. The lowest BCUT2D eigenvalue weighted by atomic mass is 10.1. The predicted molar refractivity (Wildman–Crippen MR) is 78.1 cm³/mol. The van der Waals surface area contributed by atoms with Crippen molar-refractivity contribution in [2.24, 2.45) is 5.92 Å². The van der Waals surface area contributed by atoms with Crippen LogP contribution < -0.4 is 5.32 Å². The minimum absolute atomic E-state index is 0.330. The molecule has 18 heavy (non-hydrogen) atoms. The first-order valence-corrected chi connectivity index (χ1v) is 7.04. The second kappa shape index (κ2) is 8.52. The summed E-state index contributed by atoms with van der Waals surface area (Å²) in [5.41, 5.74) is 1.25. The Hall–Kier alpha value is -0.570. The van der Waals surface area contributed by atoms with Gasteiger partial charge in [0.2, 0.25) is 0 Å². The van der Waals surface area contributed by atoms with Crippen LogP contribution in [-0.4, -0.2) is 19.8 Å². The van der Waals surface area contributed by atoms with E-state index in [1.807, 2.05) is 12.1 Å². The minimum Gasteiger partial charge on any atom is -0.380 e. The van der Waals surface area contributed by atoms with Gasteiger partial charge in [-0.1, -0.05) is 37.6 Å². The van der Waals surface area contributed by atoms with Gasteiger partial charge in [0.25, 0.3) is 0 Å². The van der Waals surface area contributed by atoms with Gasteiger partial charge in [0.15, 0.2) is 0 Å². The SMILES string of the molecule is CC(C)CCOCCN[C@@H](C)c1ccc(Cl)cc1. The van der Waals surface area contributed by atoms with Crippen molar-refractivity contribution >= 4 is 11.6 Å². The fourth-order valence-corrected chi connectivity index (χ4v) is 1.76. The van der Waals surface area contributed by atoms with Crippen LogP contribution in [0, 0.1) is 5.92 Å². The van der Waals surface area contributed by atoms with E-state index >= 15 is 0 Å². The van der Waals surface area contributed by atoms with Crippen molar-refractivity contribution in [3.8, 4) is 0 Å². The summed E-state index contributed by atoms with van der Waals surface area (Å²) in [5, 5.41) is 4.22. The Morgan fingerprint density at radius 1 is 1.11 bits per heavy atom. The molecule has 3 heteroatoms. The summed E-state index contributed by atoms with van der Waals surface area (Å²) in [6.45, 7) is 9.08. The molecular formula is C15H24ClNO. The summed E-state index contributed by atoms with van der Waals surface area (Å²) >= 11 is 5.86. The van der Waals surface area contributed by atoms with Gasteiger partial charge in [-0.15, -0.1) is 0 Å². The van der Waals surface area contributed by atoms with Gasteiger partial charge in [-0.3, -0.25) is 0 Å². The third kappa shape index (κ3) is 6.39. The molecule has 0 heterocycles. The van der Waals surface area contributed by atoms with Crippen molar-refractivity contribution < 1.29 is 4.74 Å². The van der Waals surface area contributed by atoms with Crippen molar-refractivity contribution in [3.63, 3.8) is 0 Å². The summed E-state index contributed by atoms with van der Waals surface area (Å²) in [6, 6.07) is 8.29. The topological polar surface area (TPSA) is 21.3 Å². The van der Waals surface area contributed by atoms with Crippen LogP contribution in [0.2, 0.25) is 5.02 Å². The lowest BCUT2D eigenvalue weighted by Gasteiger charge is -2.14. The maximum Gasteiger partial charge on any atom is 0.0591 e. The Morgan fingerprint density at radius 2 is 1.78 bits per heavy atom. The molecule has 2 nitrogen and oxygen atoms in total. The Labute approximate surface area is 116 Å². The lowest BCUT2D eigenvalue weighted by Crippen LogP contribution is -2.23. The van der Waals surface area contributed by atoms with Crippen LogP contribution in [0.15, 0.2) is 24.3 Å². The zero-order chi connectivity index (χ0) is 13.4. The largest absolute Gasteiger partial charge is 0.380 e. The van der Waals surface area contributed by atoms with Gasteiger partial charge in [-0.25, -0.2) is 0 Å². The quantitative estimate of drug-likeness (QED) is 0.719. The van der Waals surface area contributed by atoms with Crippen LogP contribution in [0.4, 0.5) is 0 Å². The number of hydrogen-bond acceptors (Lipinski definition) is 2. The Morgan fingerprint density at radius 3 is 2.39 bits per heavy atom. The second-order valence-electron chi connectivity index (χ2n) is 5.02. The molecule has 0 aliphatic rings. The van der Waals surface area contributed by atoms with E-state index in [0.29, 0.717) is 12.0 Å². The molecule has 0 amide bonds. The van der Waals surface area contributed by atoms with Crippen molar-refractivity contribution in [3.05, 3.63) is 34.9 Å². The predicted octanol–water partition coefficient (Wildman–Crippen LogP) is 4.05. The first-order chi connectivity index (χ1) is 8.59. The molecule has 0 bridgehead atoms. The van der Waals surface area contributed by atoms with Crippen molar-refractivity contribution in [2.45, 2.75) is 33.2 Å². The lowest BCUT2D eigenvalue weighted by molar-refractivity contribution is 0.123. The van der Waals surface area contributed by atoms with E-state index in [1.165, 1.54) is 5.56 Å². The standard InChI is InChI=1S/C15H24ClNO/c1-12(2)8-10-18-11-9-17-13(3)14-4-6-15(16)7-5-14/h4-7,12-13,17H,8-11H2,1-3H3/t13-/m0/s1. The highest BCUT2D eigenvalue weighted by Crippen LogP contribution is 2.15. The highest BCUT2D eigenvalue weighted by atomic mass is 35.5.